The first-order valence-corrected chi connectivity index (χ1v) is 8.38. The third-order valence-corrected chi connectivity index (χ3v) is 4.48. The second kappa shape index (κ2) is 10.1. The molecule has 0 aromatic carbocycles. The third kappa shape index (κ3) is 5.93. The van der Waals surface area contributed by atoms with Crippen LogP contribution in [-0.2, 0) is 9.53 Å². The minimum Gasteiger partial charge on any atom is -0.383 e. The standard InChI is InChI=1S/C16H33N3O2/c1-5-8-17-15-7-10-19(12-14(15)6-2)13(3)16(20)18-9-11-21-4/h13-15,17H,5-12H2,1-4H3,(H,18,20). The average Bonchev–Trinajstić information content (AvgIpc) is 2.52. The third-order valence-electron chi connectivity index (χ3n) is 4.48. The zero-order chi connectivity index (χ0) is 15.7. The first-order chi connectivity index (χ1) is 10.1. The molecule has 0 bridgehead atoms. The summed E-state index contributed by atoms with van der Waals surface area (Å²) in [6.45, 7) is 10.7. The maximum Gasteiger partial charge on any atom is 0.237 e. The summed E-state index contributed by atoms with van der Waals surface area (Å²) in [4.78, 5) is 14.5. The van der Waals surface area contributed by atoms with Crippen LogP contribution < -0.4 is 10.6 Å². The fourth-order valence-electron chi connectivity index (χ4n) is 3.01. The van der Waals surface area contributed by atoms with Gasteiger partial charge in [-0.1, -0.05) is 20.3 Å². The molecular weight excluding hydrogens is 266 g/mol. The van der Waals surface area contributed by atoms with Crippen molar-refractivity contribution in [3.8, 4) is 0 Å². The van der Waals surface area contributed by atoms with Crippen molar-refractivity contribution in [1.29, 1.82) is 0 Å². The number of carbonyl (C=O) groups excluding carboxylic acids is 1. The molecule has 0 aromatic heterocycles. The molecule has 1 amide bonds. The lowest BCUT2D eigenvalue weighted by atomic mass is 9.89. The maximum atomic E-state index is 12.1. The zero-order valence-corrected chi connectivity index (χ0v) is 14.2. The summed E-state index contributed by atoms with van der Waals surface area (Å²) < 4.78 is 4.97. The van der Waals surface area contributed by atoms with E-state index in [1.807, 2.05) is 6.92 Å². The summed E-state index contributed by atoms with van der Waals surface area (Å²) >= 11 is 0. The maximum absolute atomic E-state index is 12.1. The van der Waals surface area contributed by atoms with Crippen LogP contribution in [0.4, 0.5) is 0 Å². The van der Waals surface area contributed by atoms with Gasteiger partial charge in [0.15, 0.2) is 0 Å². The quantitative estimate of drug-likeness (QED) is 0.629. The Morgan fingerprint density at radius 3 is 2.76 bits per heavy atom. The van der Waals surface area contributed by atoms with Crippen molar-refractivity contribution in [2.75, 3.05) is 39.9 Å². The first-order valence-electron chi connectivity index (χ1n) is 8.38. The molecule has 0 aromatic rings. The van der Waals surface area contributed by atoms with Crippen LogP contribution in [0.3, 0.4) is 0 Å². The number of nitrogens with zero attached hydrogens (tertiary/aromatic N) is 1. The highest BCUT2D eigenvalue weighted by atomic mass is 16.5. The van der Waals surface area contributed by atoms with Crippen molar-refractivity contribution < 1.29 is 9.53 Å². The Balaban J connectivity index is 2.44. The van der Waals surface area contributed by atoms with Gasteiger partial charge in [-0.05, 0) is 32.2 Å². The van der Waals surface area contributed by atoms with Gasteiger partial charge in [-0.25, -0.2) is 0 Å². The minimum absolute atomic E-state index is 0.0527. The van der Waals surface area contributed by atoms with Gasteiger partial charge in [0.05, 0.1) is 12.6 Å². The molecule has 1 fully saturated rings. The molecule has 0 spiro atoms. The Kier molecular flexibility index (Phi) is 8.88. The van der Waals surface area contributed by atoms with Gasteiger partial charge >= 0.3 is 0 Å². The first kappa shape index (κ1) is 18.4. The number of hydrogen-bond donors (Lipinski definition) is 2. The van der Waals surface area contributed by atoms with Gasteiger partial charge < -0.3 is 15.4 Å². The van der Waals surface area contributed by atoms with Crippen LogP contribution >= 0.6 is 0 Å². The highest BCUT2D eigenvalue weighted by Crippen LogP contribution is 2.22. The molecule has 5 nitrogen and oxygen atoms in total. The molecule has 0 aliphatic carbocycles. The molecule has 1 aliphatic heterocycles. The normalized spacial score (nSPS) is 24.8. The van der Waals surface area contributed by atoms with Crippen LogP contribution in [-0.4, -0.2) is 62.8 Å². The SMILES string of the molecule is CCCNC1CCN(C(C)C(=O)NCCOC)CC1CC. The van der Waals surface area contributed by atoms with Crippen molar-refractivity contribution in [2.24, 2.45) is 5.92 Å². The number of amides is 1. The van der Waals surface area contributed by atoms with Crippen LogP contribution in [0, 0.1) is 5.92 Å². The molecule has 1 heterocycles. The smallest absolute Gasteiger partial charge is 0.237 e. The molecule has 1 saturated heterocycles. The molecule has 1 aliphatic rings. The second-order valence-electron chi connectivity index (χ2n) is 5.97. The number of carbonyl (C=O) groups is 1. The number of hydrogen-bond acceptors (Lipinski definition) is 4. The van der Waals surface area contributed by atoms with Gasteiger partial charge in [-0.2, -0.15) is 0 Å². The van der Waals surface area contributed by atoms with Crippen molar-refractivity contribution in [3.05, 3.63) is 0 Å². The van der Waals surface area contributed by atoms with E-state index in [2.05, 4.69) is 29.4 Å². The van der Waals surface area contributed by atoms with Crippen LogP contribution in [0.1, 0.15) is 40.0 Å². The van der Waals surface area contributed by atoms with E-state index >= 15 is 0 Å². The van der Waals surface area contributed by atoms with E-state index in [4.69, 9.17) is 4.74 Å². The Bertz CT molecular complexity index is 299. The average molecular weight is 299 g/mol. The van der Waals surface area contributed by atoms with E-state index < -0.39 is 0 Å². The van der Waals surface area contributed by atoms with Crippen molar-refractivity contribution >= 4 is 5.91 Å². The summed E-state index contributed by atoms with van der Waals surface area (Å²) in [5, 5.41) is 6.60. The van der Waals surface area contributed by atoms with E-state index in [0.29, 0.717) is 25.1 Å². The predicted octanol–water partition coefficient (Wildman–Crippen LogP) is 1.24. The minimum atomic E-state index is -0.0527. The number of methoxy groups -OCH3 is 1. The Hall–Kier alpha value is -0.650. The van der Waals surface area contributed by atoms with Crippen molar-refractivity contribution in [3.63, 3.8) is 0 Å². The highest BCUT2D eigenvalue weighted by Gasteiger charge is 2.31. The number of likely N-dealkylation sites (tertiary alicyclic amines) is 1. The van der Waals surface area contributed by atoms with Crippen molar-refractivity contribution in [1.82, 2.24) is 15.5 Å². The number of nitrogens with one attached hydrogen (secondary N) is 2. The van der Waals surface area contributed by atoms with E-state index in [-0.39, 0.29) is 11.9 Å². The molecule has 5 heteroatoms. The summed E-state index contributed by atoms with van der Waals surface area (Å²) in [5.74, 6) is 0.751. The fourth-order valence-corrected chi connectivity index (χ4v) is 3.01. The predicted molar refractivity (Wildman–Crippen MR) is 86.4 cm³/mol. The van der Waals surface area contributed by atoms with Gasteiger partial charge in [0.1, 0.15) is 0 Å². The van der Waals surface area contributed by atoms with E-state index in [0.717, 1.165) is 32.5 Å². The van der Waals surface area contributed by atoms with Gasteiger partial charge in [-0.15, -0.1) is 0 Å². The number of ether oxygens (including phenoxy) is 1. The summed E-state index contributed by atoms with van der Waals surface area (Å²) in [6.07, 6.45) is 3.47. The molecule has 124 valence electrons. The second-order valence-corrected chi connectivity index (χ2v) is 5.97. The summed E-state index contributed by atoms with van der Waals surface area (Å²) in [5.41, 5.74) is 0. The van der Waals surface area contributed by atoms with Gasteiger partial charge in [0.25, 0.3) is 0 Å². The van der Waals surface area contributed by atoms with Gasteiger partial charge in [0.2, 0.25) is 5.91 Å². The molecule has 3 unspecified atom stereocenters. The largest absolute Gasteiger partial charge is 0.383 e. The van der Waals surface area contributed by atoms with Crippen LogP contribution in [0.5, 0.6) is 0 Å². The Morgan fingerprint density at radius 1 is 1.38 bits per heavy atom. The van der Waals surface area contributed by atoms with Crippen LogP contribution in [0.2, 0.25) is 0 Å². The lowest BCUT2D eigenvalue weighted by Gasteiger charge is -2.41. The van der Waals surface area contributed by atoms with E-state index in [9.17, 15) is 4.79 Å². The molecule has 0 saturated carbocycles. The summed E-state index contributed by atoms with van der Waals surface area (Å²) in [7, 11) is 1.65. The number of rotatable bonds is 9. The fraction of sp³-hybridized carbons (Fsp3) is 0.938. The lowest BCUT2D eigenvalue weighted by molar-refractivity contribution is -0.127. The zero-order valence-electron chi connectivity index (χ0n) is 14.2. The number of piperidine rings is 1. The van der Waals surface area contributed by atoms with E-state index in [1.54, 1.807) is 7.11 Å². The monoisotopic (exact) mass is 299 g/mol. The van der Waals surface area contributed by atoms with Gasteiger partial charge in [-0.3, -0.25) is 9.69 Å². The van der Waals surface area contributed by atoms with Crippen molar-refractivity contribution in [2.45, 2.75) is 52.1 Å². The molecule has 3 atom stereocenters. The molecular formula is C16H33N3O2. The molecule has 2 N–H and O–H groups in total. The molecule has 21 heavy (non-hydrogen) atoms. The molecule has 0 radical (unpaired) electrons. The highest BCUT2D eigenvalue weighted by molar-refractivity contribution is 5.81. The van der Waals surface area contributed by atoms with E-state index in [1.165, 1.54) is 6.42 Å². The summed E-state index contributed by atoms with van der Waals surface area (Å²) in [6, 6.07) is 0.554. The Labute approximate surface area is 129 Å². The van der Waals surface area contributed by atoms with Gasteiger partial charge in [0, 0.05) is 32.8 Å². The molecule has 1 rings (SSSR count). The Morgan fingerprint density at radius 2 is 2.14 bits per heavy atom. The topological polar surface area (TPSA) is 53.6 Å². The lowest BCUT2D eigenvalue weighted by Crippen LogP contribution is -2.55. The van der Waals surface area contributed by atoms with Crippen LogP contribution in [0.15, 0.2) is 0 Å². The van der Waals surface area contributed by atoms with Crippen LogP contribution in [0.25, 0.3) is 0 Å².